The van der Waals surface area contributed by atoms with Gasteiger partial charge in [-0.1, -0.05) is 126 Å². The van der Waals surface area contributed by atoms with Crippen LogP contribution in [-0.2, 0) is 17.3 Å². The molecule has 0 amide bonds. The lowest BCUT2D eigenvalue weighted by Crippen LogP contribution is -2.61. The standard InChI is InChI=1S/C57H49BN2O2/c1-34-30-48-54-49(31-34)60(45-18-13-21-52-53(45)42-15-9-11-20-51(42)61-52)47-33-37(57(5,6)7)25-29-44(47)58(54)43-28-24-36(56(2,3)4)32-46(43)59(48)38-26-22-35(23-27-38)39-16-12-17-41-40-14-8-10-19-50(40)62-55(39)41/h8-11,13-16,18-33H,12,17H2,1-7H3. The average molecular weight is 805 g/mol. The van der Waals surface area contributed by atoms with Gasteiger partial charge in [-0.05, 0) is 130 Å². The van der Waals surface area contributed by atoms with Crippen molar-refractivity contribution < 1.29 is 8.83 Å². The minimum atomic E-state index is -0.0399. The molecule has 0 saturated carbocycles. The minimum Gasteiger partial charge on any atom is -0.456 e. The molecule has 4 heterocycles. The second kappa shape index (κ2) is 13.1. The van der Waals surface area contributed by atoms with Crippen molar-refractivity contribution in [3.8, 4) is 0 Å². The first-order chi connectivity index (χ1) is 29.9. The Morgan fingerprint density at radius 1 is 0.532 bits per heavy atom. The predicted molar refractivity (Wildman–Crippen MR) is 261 cm³/mol. The molecule has 2 aromatic heterocycles. The summed E-state index contributed by atoms with van der Waals surface area (Å²) in [5, 5.41) is 3.48. The van der Waals surface area contributed by atoms with Crippen LogP contribution in [0.15, 0.2) is 154 Å². The summed E-state index contributed by atoms with van der Waals surface area (Å²) in [6.07, 6.45) is 4.35. The van der Waals surface area contributed by atoms with Crippen LogP contribution in [0.2, 0.25) is 0 Å². The van der Waals surface area contributed by atoms with Gasteiger partial charge in [-0.3, -0.25) is 0 Å². The molecule has 0 radical (unpaired) electrons. The largest absolute Gasteiger partial charge is 0.456 e. The number of allylic oxidation sites excluding steroid dienone is 1. The van der Waals surface area contributed by atoms with E-state index in [2.05, 4.69) is 204 Å². The zero-order valence-electron chi connectivity index (χ0n) is 36.6. The molecule has 4 nitrogen and oxygen atoms in total. The van der Waals surface area contributed by atoms with E-state index in [0.717, 1.165) is 57.5 Å². The lowest BCUT2D eigenvalue weighted by atomic mass is 9.33. The summed E-state index contributed by atoms with van der Waals surface area (Å²) in [5.74, 6) is 1.01. The Bertz CT molecular complexity index is 3350. The third kappa shape index (κ3) is 5.46. The molecule has 62 heavy (non-hydrogen) atoms. The van der Waals surface area contributed by atoms with Crippen molar-refractivity contribution in [2.24, 2.45) is 0 Å². The first kappa shape index (κ1) is 37.1. The summed E-state index contributed by atoms with van der Waals surface area (Å²) in [6.45, 7) is 16.2. The van der Waals surface area contributed by atoms with E-state index in [9.17, 15) is 0 Å². The third-order valence-electron chi connectivity index (χ3n) is 13.7. The molecule has 302 valence electrons. The molecule has 0 N–H and O–H groups in total. The fourth-order valence-corrected chi connectivity index (χ4v) is 10.6. The highest BCUT2D eigenvalue weighted by molar-refractivity contribution is 7.00. The van der Waals surface area contributed by atoms with Crippen LogP contribution in [0.25, 0.3) is 38.5 Å². The highest BCUT2D eigenvalue weighted by atomic mass is 16.3. The summed E-state index contributed by atoms with van der Waals surface area (Å²) in [6, 6.07) is 52.0. The summed E-state index contributed by atoms with van der Waals surface area (Å²) in [4.78, 5) is 5.09. The van der Waals surface area contributed by atoms with Gasteiger partial charge in [-0.2, -0.15) is 0 Å². The Morgan fingerprint density at radius 2 is 1.13 bits per heavy atom. The molecular formula is C57H49BN2O2. The van der Waals surface area contributed by atoms with Crippen LogP contribution in [0.3, 0.4) is 0 Å². The number of benzene rings is 7. The van der Waals surface area contributed by atoms with Gasteiger partial charge in [0.25, 0.3) is 6.71 Å². The normalized spacial score (nSPS) is 14.6. The van der Waals surface area contributed by atoms with Crippen molar-refractivity contribution in [3.05, 3.63) is 179 Å². The summed E-state index contributed by atoms with van der Waals surface area (Å²) >= 11 is 0. The smallest absolute Gasteiger partial charge is 0.252 e. The molecular weight excluding hydrogens is 755 g/mol. The van der Waals surface area contributed by atoms with E-state index in [-0.39, 0.29) is 17.5 Å². The highest BCUT2D eigenvalue weighted by Crippen LogP contribution is 2.49. The minimum absolute atomic E-state index is 0.0274. The fraction of sp³-hybridized carbons (Fsp3) is 0.193. The molecule has 12 rings (SSSR count). The molecule has 0 atom stereocenters. The van der Waals surface area contributed by atoms with Crippen molar-refractivity contribution in [1.29, 1.82) is 0 Å². The van der Waals surface area contributed by atoms with E-state index in [1.165, 1.54) is 77.9 Å². The van der Waals surface area contributed by atoms with Gasteiger partial charge in [0.2, 0.25) is 0 Å². The lowest BCUT2D eigenvalue weighted by molar-refractivity contribution is 0.590. The number of para-hydroxylation sites is 2. The van der Waals surface area contributed by atoms with Crippen molar-refractivity contribution >= 4 is 95.7 Å². The van der Waals surface area contributed by atoms with Gasteiger partial charge >= 0.3 is 0 Å². The number of fused-ring (bicyclic) bond motifs is 10. The molecule has 0 fully saturated rings. The Morgan fingerprint density at radius 3 is 1.81 bits per heavy atom. The van der Waals surface area contributed by atoms with Crippen LogP contribution >= 0.6 is 0 Å². The number of furan rings is 2. The van der Waals surface area contributed by atoms with Gasteiger partial charge in [0.15, 0.2) is 0 Å². The quantitative estimate of drug-likeness (QED) is 0.167. The van der Waals surface area contributed by atoms with Gasteiger partial charge < -0.3 is 18.6 Å². The van der Waals surface area contributed by atoms with Crippen molar-refractivity contribution in [3.63, 3.8) is 0 Å². The number of hydrogen-bond acceptors (Lipinski definition) is 4. The molecule has 1 aliphatic carbocycles. The number of hydrogen-bond donors (Lipinski definition) is 0. The topological polar surface area (TPSA) is 32.8 Å². The zero-order chi connectivity index (χ0) is 42.2. The van der Waals surface area contributed by atoms with Gasteiger partial charge in [-0.15, -0.1) is 0 Å². The Balaban J connectivity index is 1.10. The first-order valence-corrected chi connectivity index (χ1v) is 22.2. The lowest BCUT2D eigenvalue weighted by Gasteiger charge is -2.45. The maximum Gasteiger partial charge on any atom is 0.252 e. The molecule has 3 aliphatic rings. The van der Waals surface area contributed by atoms with Crippen molar-refractivity contribution in [2.75, 3.05) is 9.80 Å². The number of anilines is 6. The zero-order valence-corrected chi connectivity index (χ0v) is 36.6. The molecule has 5 heteroatoms. The van der Waals surface area contributed by atoms with E-state index in [1.807, 2.05) is 0 Å². The molecule has 2 aliphatic heterocycles. The van der Waals surface area contributed by atoms with Gasteiger partial charge in [0.05, 0.1) is 11.1 Å². The van der Waals surface area contributed by atoms with Crippen LogP contribution in [0, 0.1) is 6.92 Å². The molecule has 0 spiro atoms. The Hall–Kier alpha value is -6.72. The number of aryl methyl sites for hydroxylation is 2. The van der Waals surface area contributed by atoms with Gasteiger partial charge in [0, 0.05) is 50.3 Å². The van der Waals surface area contributed by atoms with Crippen LogP contribution in [0.4, 0.5) is 34.1 Å². The molecule has 9 aromatic rings. The second-order valence-corrected chi connectivity index (χ2v) is 19.7. The highest BCUT2D eigenvalue weighted by Gasteiger charge is 2.44. The Labute approximate surface area is 364 Å². The van der Waals surface area contributed by atoms with E-state index in [4.69, 9.17) is 8.83 Å². The van der Waals surface area contributed by atoms with Crippen LogP contribution in [0.5, 0.6) is 0 Å². The second-order valence-electron chi connectivity index (χ2n) is 19.7. The molecule has 0 saturated heterocycles. The summed E-state index contributed by atoms with van der Waals surface area (Å²) in [5.41, 5.74) is 21.3. The first-order valence-electron chi connectivity index (χ1n) is 22.2. The molecule has 7 aromatic carbocycles. The van der Waals surface area contributed by atoms with Crippen LogP contribution in [-0.4, -0.2) is 6.71 Å². The SMILES string of the molecule is Cc1cc2c3c(c1)N(c1cccc4oc5ccccc5c14)c1cc(C(C)(C)C)ccc1B3c1ccc(C(C)(C)C)cc1N2c1ccc(C2=CCCc3c2oc2ccccc32)cc1. The van der Waals surface area contributed by atoms with Crippen molar-refractivity contribution in [2.45, 2.75) is 72.1 Å². The van der Waals surface area contributed by atoms with E-state index in [1.54, 1.807) is 0 Å². The van der Waals surface area contributed by atoms with Crippen LogP contribution in [0.1, 0.15) is 81.5 Å². The number of rotatable bonds is 3. The number of nitrogens with zero attached hydrogens (tertiary/aromatic N) is 2. The summed E-state index contributed by atoms with van der Waals surface area (Å²) in [7, 11) is 0. The van der Waals surface area contributed by atoms with Gasteiger partial charge in [0.1, 0.15) is 22.5 Å². The van der Waals surface area contributed by atoms with E-state index in [0.29, 0.717) is 0 Å². The van der Waals surface area contributed by atoms with Crippen molar-refractivity contribution in [1.82, 2.24) is 0 Å². The Kier molecular flexibility index (Phi) is 7.86. The summed E-state index contributed by atoms with van der Waals surface area (Å²) < 4.78 is 13.1. The monoisotopic (exact) mass is 804 g/mol. The molecule has 0 bridgehead atoms. The maximum atomic E-state index is 6.56. The average Bonchev–Trinajstić information content (AvgIpc) is 3.84. The van der Waals surface area contributed by atoms with Crippen LogP contribution < -0.4 is 26.2 Å². The van der Waals surface area contributed by atoms with Gasteiger partial charge in [-0.25, -0.2) is 0 Å². The predicted octanol–water partition coefficient (Wildman–Crippen LogP) is 13.7. The fourth-order valence-electron chi connectivity index (χ4n) is 10.6. The van der Waals surface area contributed by atoms with E-state index >= 15 is 0 Å². The third-order valence-corrected chi connectivity index (χ3v) is 13.7. The maximum absolute atomic E-state index is 6.56. The molecule has 0 unspecified atom stereocenters. The van der Waals surface area contributed by atoms with E-state index < -0.39 is 0 Å².